The zero-order valence-electron chi connectivity index (χ0n) is 16.0. The standard InChI is InChI=1S/C22H23N3O3/c1-3-9-27-19-10-18(22(26)25-21-14-23-16(2)13-24-21)11-20(12-19)28-15-17-7-5-4-6-8-17/h4-8,10-14H,3,9,15H2,1-2H3,(H,24,25,26). The lowest BCUT2D eigenvalue weighted by Crippen LogP contribution is -2.14. The first-order chi connectivity index (χ1) is 13.6. The largest absolute Gasteiger partial charge is 0.493 e. The maximum atomic E-state index is 12.7. The number of benzene rings is 2. The minimum absolute atomic E-state index is 0.301. The lowest BCUT2D eigenvalue weighted by Gasteiger charge is -2.12. The van der Waals surface area contributed by atoms with Crippen molar-refractivity contribution in [3.63, 3.8) is 0 Å². The molecule has 6 heteroatoms. The summed E-state index contributed by atoms with van der Waals surface area (Å²) >= 11 is 0. The van der Waals surface area contributed by atoms with E-state index in [1.165, 1.54) is 6.20 Å². The molecular formula is C22H23N3O3. The number of hydrogen-bond donors (Lipinski definition) is 1. The van der Waals surface area contributed by atoms with Crippen LogP contribution in [0.5, 0.6) is 11.5 Å². The van der Waals surface area contributed by atoms with Gasteiger partial charge in [-0.1, -0.05) is 37.3 Å². The van der Waals surface area contributed by atoms with Crippen molar-refractivity contribution in [3.8, 4) is 11.5 Å². The Morgan fingerprint density at radius 1 is 1.00 bits per heavy atom. The third kappa shape index (κ3) is 5.54. The van der Waals surface area contributed by atoms with Crippen LogP contribution >= 0.6 is 0 Å². The van der Waals surface area contributed by atoms with Crippen LogP contribution < -0.4 is 14.8 Å². The number of anilines is 1. The fourth-order valence-electron chi connectivity index (χ4n) is 2.48. The molecule has 0 spiro atoms. The monoisotopic (exact) mass is 377 g/mol. The smallest absolute Gasteiger partial charge is 0.257 e. The van der Waals surface area contributed by atoms with E-state index >= 15 is 0 Å². The van der Waals surface area contributed by atoms with E-state index in [0.29, 0.717) is 36.1 Å². The molecule has 0 fully saturated rings. The molecule has 1 amide bonds. The van der Waals surface area contributed by atoms with Gasteiger partial charge in [0, 0.05) is 11.6 Å². The van der Waals surface area contributed by atoms with Crippen LogP contribution in [-0.2, 0) is 6.61 Å². The molecule has 1 heterocycles. The van der Waals surface area contributed by atoms with Crippen LogP contribution in [0.2, 0.25) is 0 Å². The van der Waals surface area contributed by atoms with Gasteiger partial charge in [0.1, 0.15) is 18.1 Å². The number of carbonyl (C=O) groups is 1. The van der Waals surface area contributed by atoms with Gasteiger partial charge in [-0.05, 0) is 31.0 Å². The summed E-state index contributed by atoms with van der Waals surface area (Å²) < 4.78 is 11.6. The number of aryl methyl sites for hydroxylation is 1. The minimum Gasteiger partial charge on any atom is -0.493 e. The van der Waals surface area contributed by atoms with Gasteiger partial charge in [0.05, 0.1) is 24.7 Å². The summed E-state index contributed by atoms with van der Waals surface area (Å²) in [4.78, 5) is 21.0. The molecule has 28 heavy (non-hydrogen) atoms. The van der Waals surface area contributed by atoms with E-state index in [0.717, 1.165) is 17.7 Å². The summed E-state index contributed by atoms with van der Waals surface area (Å²) in [5.41, 5.74) is 2.26. The second-order valence-electron chi connectivity index (χ2n) is 6.31. The van der Waals surface area contributed by atoms with E-state index < -0.39 is 0 Å². The van der Waals surface area contributed by atoms with Gasteiger partial charge in [-0.25, -0.2) is 4.98 Å². The summed E-state index contributed by atoms with van der Waals surface area (Å²) in [5.74, 6) is 1.25. The Hall–Kier alpha value is -3.41. The van der Waals surface area contributed by atoms with Crippen molar-refractivity contribution >= 4 is 11.7 Å². The third-order valence-corrected chi connectivity index (χ3v) is 3.89. The van der Waals surface area contributed by atoms with E-state index in [1.54, 1.807) is 24.4 Å². The Morgan fingerprint density at radius 2 is 1.75 bits per heavy atom. The lowest BCUT2D eigenvalue weighted by atomic mass is 10.2. The van der Waals surface area contributed by atoms with Gasteiger partial charge >= 0.3 is 0 Å². The predicted molar refractivity (Wildman–Crippen MR) is 108 cm³/mol. The number of nitrogens with one attached hydrogen (secondary N) is 1. The van der Waals surface area contributed by atoms with Gasteiger partial charge in [0.2, 0.25) is 0 Å². The molecule has 0 saturated heterocycles. The van der Waals surface area contributed by atoms with E-state index in [2.05, 4.69) is 15.3 Å². The molecule has 0 aliphatic rings. The van der Waals surface area contributed by atoms with Crippen molar-refractivity contribution in [1.82, 2.24) is 9.97 Å². The molecule has 3 rings (SSSR count). The zero-order valence-corrected chi connectivity index (χ0v) is 16.0. The molecule has 0 unspecified atom stereocenters. The van der Waals surface area contributed by atoms with Gasteiger partial charge in [-0.15, -0.1) is 0 Å². The quantitative estimate of drug-likeness (QED) is 0.630. The highest BCUT2D eigenvalue weighted by Crippen LogP contribution is 2.25. The number of ether oxygens (including phenoxy) is 2. The Morgan fingerprint density at radius 3 is 2.43 bits per heavy atom. The Labute approximate surface area is 164 Å². The molecule has 0 atom stereocenters. The number of aromatic nitrogens is 2. The highest BCUT2D eigenvalue weighted by Gasteiger charge is 2.12. The summed E-state index contributed by atoms with van der Waals surface area (Å²) in [5, 5.41) is 2.75. The van der Waals surface area contributed by atoms with Gasteiger partial charge in [0.25, 0.3) is 5.91 Å². The Kier molecular flexibility index (Phi) is 6.57. The molecule has 3 aromatic rings. The number of carbonyl (C=O) groups excluding carboxylic acids is 1. The summed E-state index contributed by atoms with van der Waals surface area (Å²) in [6.07, 6.45) is 4.00. The van der Waals surface area contributed by atoms with E-state index in [9.17, 15) is 4.79 Å². The predicted octanol–water partition coefficient (Wildman–Crippen LogP) is 4.41. The summed E-state index contributed by atoms with van der Waals surface area (Å²) in [7, 11) is 0. The third-order valence-electron chi connectivity index (χ3n) is 3.89. The second-order valence-corrected chi connectivity index (χ2v) is 6.31. The lowest BCUT2D eigenvalue weighted by molar-refractivity contribution is 0.102. The van der Waals surface area contributed by atoms with Crippen LogP contribution in [-0.4, -0.2) is 22.5 Å². The van der Waals surface area contributed by atoms with E-state index in [4.69, 9.17) is 9.47 Å². The molecule has 0 aliphatic carbocycles. The van der Waals surface area contributed by atoms with Crippen molar-refractivity contribution in [2.24, 2.45) is 0 Å². The second kappa shape index (κ2) is 9.50. The molecule has 0 bridgehead atoms. The molecule has 0 saturated carbocycles. The minimum atomic E-state index is -0.301. The fourth-order valence-corrected chi connectivity index (χ4v) is 2.48. The number of amides is 1. The zero-order chi connectivity index (χ0) is 19.8. The number of nitrogens with zero attached hydrogens (tertiary/aromatic N) is 2. The molecule has 0 aliphatic heterocycles. The Bertz CT molecular complexity index is 912. The van der Waals surface area contributed by atoms with Crippen molar-refractivity contribution in [2.45, 2.75) is 26.9 Å². The first-order valence-electron chi connectivity index (χ1n) is 9.18. The molecule has 6 nitrogen and oxygen atoms in total. The van der Waals surface area contributed by atoms with Crippen LogP contribution in [0.3, 0.4) is 0 Å². The van der Waals surface area contributed by atoms with Crippen molar-refractivity contribution in [1.29, 1.82) is 0 Å². The normalized spacial score (nSPS) is 10.4. The van der Waals surface area contributed by atoms with E-state index in [1.807, 2.05) is 44.2 Å². The molecule has 144 valence electrons. The number of hydrogen-bond acceptors (Lipinski definition) is 5. The summed E-state index contributed by atoms with van der Waals surface area (Å²) in [6.45, 7) is 4.83. The maximum Gasteiger partial charge on any atom is 0.257 e. The van der Waals surface area contributed by atoms with Gasteiger partial charge < -0.3 is 14.8 Å². The number of rotatable bonds is 8. The molecule has 0 radical (unpaired) electrons. The van der Waals surface area contributed by atoms with Gasteiger partial charge in [-0.2, -0.15) is 0 Å². The molecule has 2 aromatic carbocycles. The average molecular weight is 377 g/mol. The van der Waals surface area contributed by atoms with Crippen LogP contribution in [0.25, 0.3) is 0 Å². The SMILES string of the molecule is CCCOc1cc(OCc2ccccc2)cc(C(=O)Nc2cnc(C)cn2)c1. The molecular weight excluding hydrogens is 354 g/mol. The van der Waals surface area contributed by atoms with Gasteiger partial charge in [0.15, 0.2) is 5.82 Å². The van der Waals surface area contributed by atoms with Crippen LogP contribution in [0.4, 0.5) is 5.82 Å². The topological polar surface area (TPSA) is 73.3 Å². The first-order valence-corrected chi connectivity index (χ1v) is 9.18. The highest BCUT2D eigenvalue weighted by molar-refractivity contribution is 6.04. The maximum absolute atomic E-state index is 12.7. The highest BCUT2D eigenvalue weighted by atomic mass is 16.5. The van der Waals surface area contributed by atoms with Crippen molar-refractivity contribution < 1.29 is 14.3 Å². The van der Waals surface area contributed by atoms with Crippen LogP contribution in [0.1, 0.15) is 35.0 Å². The Balaban J connectivity index is 1.77. The molecule has 1 aromatic heterocycles. The van der Waals surface area contributed by atoms with E-state index in [-0.39, 0.29) is 5.91 Å². The van der Waals surface area contributed by atoms with Crippen molar-refractivity contribution in [2.75, 3.05) is 11.9 Å². The van der Waals surface area contributed by atoms with Crippen molar-refractivity contribution in [3.05, 3.63) is 77.7 Å². The fraction of sp³-hybridized carbons (Fsp3) is 0.227. The summed E-state index contributed by atoms with van der Waals surface area (Å²) in [6, 6.07) is 15.0. The first kappa shape index (κ1) is 19.4. The van der Waals surface area contributed by atoms with Gasteiger partial charge in [-0.3, -0.25) is 9.78 Å². The van der Waals surface area contributed by atoms with Crippen LogP contribution in [0, 0.1) is 6.92 Å². The van der Waals surface area contributed by atoms with Crippen LogP contribution in [0.15, 0.2) is 60.9 Å². The molecule has 1 N–H and O–H groups in total. The average Bonchev–Trinajstić information content (AvgIpc) is 2.73.